The van der Waals surface area contributed by atoms with Gasteiger partial charge in [0.1, 0.15) is 5.75 Å². The van der Waals surface area contributed by atoms with Crippen LogP contribution < -0.4 is 0 Å². The zero-order chi connectivity index (χ0) is 13.9. The molecule has 0 aliphatic carbocycles. The second-order valence-corrected chi connectivity index (χ2v) is 4.64. The van der Waals surface area contributed by atoms with Crippen molar-refractivity contribution in [3.05, 3.63) is 66.1 Å². The first kappa shape index (κ1) is 12.4. The van der Waals surface area contributed by atoms with Gasteiger partial charge in [0.15, 0.2) is 0 Å². The third-order valence-corrected chi connectivity index (χ3v) is 3.22. The molecule has 1 N–H and O–H groups in total. The first-order valence-corrected chi connectivity index (χ1v) is 6.42. The lowest BCUT2D eigenvalue weighted by Gasteiger charge is -2.05. The molecule has 1 atom stereocenters. The molecule has 0 bridgehead atoms. The van der Waals surface area contributed by atoms with E-state index in [0.717, 1.165) is 11.1 Å². The van der Waals surface area contributed by atoms with Crippen molar-refractivity contribution in [1.82, 2.24) is 10.1 Å². The van der Waals surface area contributed by atoms with E-state index in [1.54, 1.807) is 18.2 Å². The summed E-state index contributed by atoms with van der Waals surface area (Å²) in [6.07, 6.45) is 0. The molecule has 20 heavy (non-hydrogen) atoms. The molecule has 3 aromatic rings. The molecule has 0 saturated carbocycles. The Labute approximate surface area is 116 Å². The van der Waals surface area contributed by atoms with Gasteiger partial charge in [-0.25, -0.2) is 0 Å². The summed E-state index contributed by atoms with van der Waals surface area (Å²) in [5.41, 5.74) is 1.86. The molecular formula is C16H14N2O2. The Hall–Kier alpha value is -2.62. The molecule has 0 fully saturated rings. The molecule has 0 spiro atoms. The van der Waals surface area contributed by atoms with Crippen LogP contribution in [0.2, 0.25) is 0 Å². The maximum absolute atomic E-state index is 9.48. The van der Waals surface area contributed by atoms with Crippen molar-refractivity contribution >= 4 is 0 Å². The molecule has 1 unspecified atom stereocenters. The van der Waals surface area contributed by atoms with Crippen LogP contribution in [0.3, 0.4) is 0 Å². The molecule has 1 aromatic heterocycles. The molecule has 4 nitrogen and oxygen atoms in total. The maximum Gasteiger partial charge on any atom is 0.234 e. The van der Waals surface area contributed by atoms with Crippen LogP contribution >= 0.6 is 0 Å². The van der Waals surface area contributed by atoms with Crippen LogP contribution in [0.5, 0.6) is 5.75 Å². The zero-order valence-electron chi connectivity index (χ0n) is 11.0. The Morgan fingerprint density at radius 1 is 1.05 bits per heavy atom. The van der Waals surface area contributed by atoms with Crippen LogP contribution in [0.4, 0.5) is 0 Å². The summed E-state index contributed by atoms with van der Waals surface area (Å²) in [6.45, 7) is 2.02. The molecule has 3 rings (SSSR count). The minimum absolute atomic E-state index is 0.0368. The molecule has 1 heterocycles. The van der Waals surface area contributed by atoms with Crippen LogP contribution in [0.1, 0.15) is 24.3 Å². The number of phenolic OH excluding ortho intramolecular Hbond substituents is 1. The summed E-state index contributed by atoms with van der Waals surface area (Å²) in [5, 5.41) is 13.5. The fourth-order valence-corrected chi connectivity index (χ4v) is 2.06. The molecule has 0 aliphatic rings. The molecular weight excluding hydrogens is 252 g/mol. The number of nitrogens with zero attached hydrogens (tertiary/aromatic N) is 2. The average molecular weight is 266 g/mol. The van der Waals surface area contributed by atoms with Gasteiger partial charge in [-0.2, -0.15) is 4.98 Å². The fourth-order valence-electron chi connectivity index (χ4n) is 2.06. The van der Waals surface area contributed by atoms with Crippen molar-refractivity contribution in [2.45, 2.75) is 12.8 Å². The molecule has 2 aromatic carbocycles. The van der Waals surface area contributed by atoms with Crippen LogP contribution in [0, 0.1) is 0 Å². The number of hydrogen-bond donors (Lipinski definition) is 1. The summed E-state index contributed by atoms with van der Waals surface area (Å²) < 4.78 is 5.33. The minimum atomic E-state index is 0.0368. The van der Waals surface area contributed by atoms with E-state index in [4.69, 9.17) is 4.52 Å². The van der Waals surface area contributed by atoms with E-state index in [9.17, 15) is 5.11 Å². The van der Waals surface area contributed by atoms with Crippen molar-refractivity contribution in [3.8, 4) is 17.1 Å². The third-order valence-electron chi connectivity index (χ3n) is 3.22. The summed E-state index contributed by atoms with van der Waals surface area (Å²) in [6, 6.07) is 16.8. The molecule has 0 amide bonds. The first-order chi connectivity index (χ1) is 9.74. The highest BCUT2D eigenvalue weighted by Gasteiger charge is 2.16. The van der Waals surface area contributed by atoms with Crippen LogP contribution in [-0.4, -0.2) is 15.2 Å². The normalized spacial score (nSPS) is 12.2. The number of benzene rings is 2. The van der Waals surface area contributed by atoms with Crippen molar-refractivity contribution in [3.63, 3.8) is 0 Å². The predicted octanol–water partition coefficient (Wildman–Crippen LogP) is 3.59. The van der Waals surface area contributed by atoms with Gasteiger partial charge in [-0.15, -0.1) is 0 Å². The van der Waals surface area contributed by atoms with Gasteiger partial charge in [-0.3, -0.25) is 0 Å². The largest absolute Gasteiger partial charge is 0.508 e. The fraction of sp³-hybridized carbons (Fsp3) is 0.125. The Bertz CT molecular complexity index is 707. The van der Waals surface area contributed by atoms with Gasteiger partial charge < -0.3 is 9.63 Å². The van der Waals surface area contributed by atoms with Crippen molar-refractivity contribution < 1.29 is 9.63 Å². The van der Waals surface area contributed by atoms with Crippen LogP contribution in [-0.2, 0) is 0 Å². The molecule has 0 radical (unpaired) electrons. The monoisotopic (exact) mass is 266 g/mol. The first-order valence-electron chi connectivity index (χ1n) is 6.42. The molecule has 0 saturated heterocycles. The smallest absolute Gasteiger partial charge is 0.234 e. The quantitative estimate of drug-likeness (QED) is 0.787. The topological polar surface area (TPSA) is 59.2 Å². The molecule has 100 valence electrons. The van der Waals surface area contributed by atoms with Gasteiger partial charge in [-0.1, -0.05) is 47.6 Å². The van der Waals surface area contributed by atoms with Gasteiger partial charge >= 0.3 is 0 Å². The van der Waals surface area contributed by atoms with E-state index in [2.05, 4.69) is 10.1 Å². The van der Waals surface area contributed by atoms with Crippen molar-refractivity contribution in [2.24, 2.45) is 0 Å². The van der Waals surface area contributed by atoms with Gasteiger partial charge in [0.2, 0.25) is 11.7 Å². The highest BCUT2D eigenvalue weighted by atomic mass is 16.5. The number of aromatic hydroxyl groups is 1. The summed E-state index contributed by atoms with van der Waals surface area (Å²) in [4.78, 5) is 4.41. The second kappa shape index (κ2) is 5.17. The highest BCUT2D eigenvalue weighted by molar-refractivity contribution is 5.56. The lowest BCUT2D eigenvalue weighted by atomic mass is 10.0. The predicted molar refractivity (Wildman–Crippen MR) is 75.4 cm³/mol. The Morgan fingerprint density at radius 3 is 2.60 bits per heavy atom. The average Bonchev–Trinajstić information content (AvgIpc) is 2.97. The van der Waals surface area contributed by atoms with E-state index in [1.807, 2.05) is 43.3 Å². The van der Waals surface area contributed by atoms with Gasteiger partial charge in [0.25, 0.3) is 0 Å². The van der Waals surface area contributed by atoms with Gasteiger partial charge in [0, 0.05) is 5.56 Å². The zero-order valence-corrected chi connectivity index (χ0v) is 11.0. The van der Waals surface area contributed by atoms with Crippen molar-refractivity contribution in [1.29, 1.82) is 0 Å². The standard InChI is InChI=1S/C16H14N2O2/c1-11(12-6-3-2-4-7-12)16-17-15(18-20-16)13-8-5-9-14(19)10-13/h2-11,19H,1H3. The summed E-state index contributed by atoms with van der Waals surface area (Å²) in [7, 11) is 0. The molecule has 0 aliphatic heterocycles. The van der Waals surface area contributed by atoms with E-state index in [0.29, 0.717) is 11.7 Å². The van der Waals surface area contributed by atoms with E-state index in [-0.39, 0.29) is 11.7 Å². The van der Waals surface area contributed by atoms with Crippen LogP contribution in [0.25, 0.3) is 11.4 Å². The van der Waals surface area contributed by atoms with E-state index < -0.39 is 0 Å². The van der Waals surface area contributed by atoms with E-state index in [1.165, 1.54) is 0 Å². The Morgan fingerprint density at radius 2 is 1.85 bits per heavy atom. The maximum atomic E-state index is 9.48. The third kappa shape index (κ3) is 2.40. The second-order valence-electron chi connectivity index (χ2n) is 4.64. The Kier molecular flexibility index (Phi) is 3.21. The van der Waals surface area contributed by atoms with Crippen LogP contribution in [0.15, 0.2) is 59.1 Å². The summed E-state index contributed by atoms with van der Waals surface area (Å²) in [5.74, 6) is 1.27. The lowest BCUT2D eigenvalue weighted by molar-refractivity contribution is 0.371. The highest BCUT2D eigenvalue weighted by Crippen LogP contribution is 2.26. The van der Waals surface area contributed by atoms with Gasteiger partial charge in [0.05, 0.1) is 5.92 Å². The number of phenols is 1. The van der Waals surface area contributed by atoms with Gasteiger partial charge in [-0.05, 0) is 24.6 Å². The Balaban J connectivity index is 1.91. The number of aromatic nitrogens is 2. The summed E-state index contributed by atoms with van der Waals surface area (Å²) >= 11 is 0. The van der Waals surface area contributed by atoms with Crippen molar-refractivity contribution in [2.75, 3.05) is 0 Å². The van der Waals surface area contributed by atoms with E-state index >= 15 is 0 Å². The number of rotatable bonds is 3. The molecule has 4 heteroatoms. The lowest BCUT2D eigenvalue weighted by Crippen LogP contribution is -1.95. The minimum Gasteiger partial charge on any atom is -0.508 e. The number of hydrogen-bond acceptors (Lipinski definition) is 4. The SMILES string of the molecule is CC(c1ccccc1)c1nc(-c2cccc(O)c2)no1.